The molecule has 0 saturated carbocycles. The second-order valence-corrected chi connectivity index (χ2v) is 5.91. The summed E-state index contributed by atoms with van der Waals surface area (Å²) in [6.45, 7) is 5.75. The highest BCUT2D eigenvalue weighted by molar-refractivity contribution is 7.23. The minimum absolute atomic E-state index is 0.00519. The van der Waals surface area contributed by atoms with Crippen LogP contribution in [0.2, 0.25) is 0 Å². The van der Waals surface area contributed by atoms with Crippen LogP contribution in [0.15, 0.2) is 35.1 Å². The van der Waals surface area contributed by atoms with Crippen LogP contribution < -0.4 is 10.3 Å². The van der Waals surface area contributed by atoms with Gasteiger partial charge in [-0.25, -0.2) is 0 Å². The number of nitrogens with zero attached hydrogens (tertiary/aromatic N) is 1. The van der Waals surface area contributed by atoms with Crippen LogP contribution in [0, 0.1) is 6.92 Å². The predicted octanol–water partition coefficient (Wildman–Crippen LogP) is 3.61. The van der Waals surface area contributed by atoms with E-state index in [9.17, 15) is 4.79 Å². The molecule has 98 valence electrons. The van der Waals surface area contributed by atoms with Gasteiger partial charge in [-0.15, -0.1) is 11.3 Å². The summed E-state index contributed by atoms with van der Waals surface area (Å²) < 4.78 is 8.60. The van der Waals surface area contributed by atoms with Gasteiger partial charge in [0, 0.05) is 6.07 Å². The van der Waals surface area contributed by atoms with Crippen molar-refractivity contribution >= 4 is 26.4 Å². The Balaban J connectivity index is 2.39. The van der Waals surface area contributed by atoms with Crippen molar-refractivity contribution in [2.45, 2.75) is 26.9 Å². The minimum Gasteiger partial charge on any atom is -0.490 e. The topological polar surface area (TPSA) is 30.7 Å². The molecule has 0 aliphatic rings. The molecule has 0 aliphatic carbocycles. The molecule has 0 fully saturated rings. The Morgan fingerprint density at radius 3 is 2.74 bits per heavy atom. The molecule has 0 unspecified atom stereocenters. The molecule has 0 amide bonds. The van der Waals surface area contributed by atoms with Crippen LogP contribution in [0.25, 0.3) is 15.0 Å². The van der Waals surface area contributed by atoms with Gasteiger partial charge in [0.1, 0.15) is 10.6 Å². The van der Waals surface area contributed by atoms with E-state index in [0.29, 0.717) is 11.3 Å². The maximum atomic E-state index is 12.5. The highest BCUT2D eigenvalue weighted by Gasteiger charge is 2.13. The lowest BCUT2D eigenvalue weighted by Crippen LogP contribution is -2.18. The first-order valence-electron chi connectivity index (χ1n) is 6.28. The van der Waals surface area contributed by atoms with Crippen molar-refractivity contribution in [2.75, 3.05) is 0 Å². The summed E-state index contributed by atoms with van der Waals surface area (Å²) >= 11 is 1.61. The lowest BCUT2D eigenvalue weighted by molar-refractivity contribution is 0.240. The largest absolute Gasteiger partial charge is 0.490 e. The Labute approximate surface area is 115 Å². The van der Waals surface area contributed by atoms with Crippen LogP contribution >= 0.6 is 11.3 Å². The average molecular weight is 273 g/mol. The van der Waals surface area contributed by atoms with Crippen LogP contribution in [0.5, 0.6) is 5.75 Å². The van der Waals surface area contributed by atoms with E-state index in [4.69, 9.17) is 4.74 Å². The molecule has 0 saturated heterocycles. The zero-order valence-corrected chi connectivity index (χ0v) is 12.0. The van der Waals surface area contributed by atoms with Gasteiger partial charge >= 0.3 is 0 Å². The Bertz CT molecular complexity index is 814. The quantitative estimate of drug-likeness (QED) is 0.714. The Kier molecular flexibility index (Phi) is 2.82. The third-order valence-corrected chi connectivity index (χ3v) is 4.13. The number of hydrogen-bond donors (Lipinski definition) is 0. The van der Waals surface area contributed by atoms with Crippen LogP contribution in [0.4, 0.5) is 0 Å². The Morgan fingerprint density at radius 1 is 1.26 bits per heavy atom. The fraction of sp³-hybridized carbons (Fsp3) is 0.267. The summed E-state index contributed by atoms with van der Waals surface area (Å²) in [5.74, 6) is 0.687. The average Bonchev–Trinajstić information content (AvgIpc) is 2.73. The standard InChI is InChI=1S/C15H15NO2S/c1-9(2)18-12-8-14-16(15(17)10(12)3)11-6-4-5-7-13(11)19-14/h4-9H,1-3H3. The van der Waals surface area contributed by atoms with Crippen molar-refractivity contribution < 1.29 is 4.74 Å². The summed E-state index contributed by atoms with van der Waals surface area (Å²) in [7, 11) is 0. The molecule has 0 bridgehead atoms. The molecule has 3 aromatic rings. The normalized spacial score (nSPS) is 11.6. The molecular formula is C15H15NO2S. The number of rotatable bonds is 2. The molecule has 0 atom stereocenters. The van der Waals surface area contributed by atoms with E-state index >= 15 is 0 Å². The maximum Gasteiger partial charge on any atom is 0.262 e. The number of ether oxygens (including phenoxy) is 1. The van der Waals surface area contributed by atoms with Crippen LogP contribution in [0.1, 0.15) is 19.4 Å². The van der Waals surface area contributed by atoms with E-state index in [1.54, 1.807) is 15.7 Å². The van der Waals surface area contributed by atoms with Gasteiger partial charge < -0.3 is 4.74 Å². The van der Waals surface area contributed by atoms with Gasteiger partial charge in [-0.1, -0.05) is 12.1 Å². The number of benzene rings is 1. The summed E-state index contributed by atoms with van der Waals surface area (Å²) in [6.07, 6.45) is 0.0647. The van der Waals surface area contributed by atoms with Crippen LogP contribution in [0.3, 0.4) is 0 Å². The molecule has 0 radical (unpaired) electrons. The van der Waals surface area contributed by atoms with Crippen molar-refractivity contribution in [2.24, 2.45) is 0 Å². The third kappa shape index (κ3) is 1.92. The van der Waals surface area contributed by atoms with E-state index in [0.717, 1.165) is 15.0 Å². The lowest BCUT2D eigenvalue weighted by Gasteiger charge is -2.12. The number of para-hydroxylation sites is 1. The molecular weight excluding hydrogens is 258 g/mol. The first-order valence-corrected chi connectivity index (χ1v) is 7.10. The van der Waals surface area contributed by atoms with Crippen molar-refractivity contribution in [1.82, 2.24) is 4.40 Å². The van der Waals surface area contributed by atoms with E-state index in [2.05, 4.69) is 0 Å². The van der Waals surface area contributed by atoms with Gasteiger partial charge in [-0.3, -0.25) is 9.20 Å². The number of hydrogen-bond acceptors (Lipinski definition) is 3. The lowest BCUT2D eigenvalue weighted by atomic mass is 10.2. The van der Waals surface area contributed by atoms with E-state index in [-0.39, 0.29) is 11.7 Å². The molecule has 3 nitrogen and oxygen atoms in total. The zero-order chi connectivity index (χ0) is 13.6. The molecule has 0 aliphatic heterocycles. The number of fused-ring (bicyclic) bond motifs is 3. The predicted molar refractivity (Wildman–Crippen MR) is 79.6 cm³/mol. The van der Waals surface area contributed by atoms with Gasteiger partial charge in [0.05, 0.1) is 21.9 Å². The fourth-order valence-corrected chi connectivity index (χ4v) is 3.25. The fourth-order valence-electron chi connectivity index (χ4n) is 2.18. The Morgan fingerprint density at radius 2 is 2.00 bits per heavy atom. The van der Waals surface area contributed by atoms with Crippen molar-refractivity contribution in [1.29, 1.82) is 0 Å². The Hall–Kier alpha value is -1.81. The molecule has 19 heavy (non-hydrogen) atoms. The molecule has 2 aromatic heterocycles. The molecule has 0 N–H and O–H groups in total. The van der Waals surface area contributed by atoms with Gasteiger partial charge in [-0.2, -0.15) is 0 Å². The van der Waals surface area contributed by atoms with Gasteiger partial charge in [-0.05, 0) is 32.9 Å². The SMILES string of the molecule is Cc1c(OC(C)C)cc2sc3ccccc3n2c1=O. The third-order valence-electron chi connectivity index (χ3n) is 3.05. The molecule has 1 aromatic carbocycles. The molecule has 2 heterocycles. The van der Waals surface area contributed by atoms with Gasteiger partial charge in [0.15, 0.2) is 0 Å². The number of thiazole rings is 1. The minimum atomic E-state index is 0.00519. The second kappa shape index (κ2) is 4.38. The zero-order valence-electron chi connectivity index (χ0n) is 11.1. The highest BCUT2D eigenvalue weighted by atomic mass is 32.1. The van der Waals surface area contributed by atoms with Gasteiger partial charge in [0.25, 0.3) is 5.56 Å². The number of pyridine rings is 1. The number of aromatic nitrogens is 1. The van der Waals surface area contributed by atoms with Crippen LogP contribution in [-0.2, 0) is 0 Å². The maximum absolute atomic E-state index is 12.5. The summed E-state index contributed by atoms with van der Waals surface area (Å²) in [6, 6.07) is 9.91. The molecule has 3 rings (SSSR count). The molecule has 4 heteroatoms. The summed E-state index contributed by atoms with van der Waals surface area (Å²) in [5, 5.41) is 0. The van der Waals surface area contributed by atoms with E-state index < -0.39 is 0 Å². The van der Waals surface area contributed by atoms with Crippen molar-refractivity contribution in [3.05, 3.63) is 46.2 Å². The van der Waals surface area contributed by atoms with Crippen LogP contribution in [-0.4, -0.2) is 10.5 Å². The summed E-state index contributed by atoms with van der Waals surface area (Å²) in [4.78, 5) is 13.4. The monoisotopic (exact) mass is 273 g/mol. The first-order chi connectivity index (χ1) is 9.08. The first kappa shape index (κ1) is 12.2. The van der Waals surface area contributed by atoms with Crippen molar-refractivity contribution in [3.63, 3.8) is 0 Å². The molecule has 0 spiro atoms. The van der Waals surface area contributed by atoms with E-state index in [1.807, 2.05) is 51.1 Å². The smallest absolute Gasteiger partial charge is 0.262 e. The van der Waals surface area contributed by atoms with Gasteiger partial charge in [0.2, 0.25) is 0 Å². The summed E-state index contributed by atoms with van der Waals surface area (Å²) in [5.41, 5.74) is 1.63. The van der Waals surface area contributed by atoms with E-state index in [1.165, 1.54) is 0 Å². The highest BCUT2D eigenvalue weighted by Crippen LogP contribution is 2.28. The second-order valence-electron chi connectivity index (χ2n) is 4.85. The van der Waals surface area contributed by atoms with Crippen molar-refractivity contribution in [3.8, 4) is 5.75 Å².